The number of carbonyl (C=O) groups excluding carboxylic acids is 1. The normalized spacial score (nSPS) is 19.7. The Hall–Kier alpha value is -3.69. The van der Waals surface area contributed by atoms with Gasteiger partial charge in [0.15, 0.2) is 0 Å². The van der Waals surface area contributed by atoms with E-state index in [0.717, 1.165) is 5.57 Å². The molecule has 36 heavy (non-hydrogen) atoms. The zero-order valence-corrected chi connectivity index (χ0v) is 20.4. The molecule has 0 bridgehead atoms. The first kappa shape index (κ1) is 24.0. The van der Waals surface area contributed by atoms with E-state index in [-0.39, 0.29) is 16.6 Å². The van der Waals surface area contributed by atoms with E-state index in [1.165, 1.54) is 6.07 Å². The molecule has 0 radical (unpaired) electrons. The second-order valence-corrected chi connectivity index (χ2v) is 10.6. The Morgan fingerprint density at radius 2 is 1.75 bits per heavy atom. The van der Waals surface area contributed by atoms with Crippen molar-refractivity contribution in [2.24, 2.45) is 0 Å². The van der Waals surface area contributed by atoms with Crippen molar-refractivity contribution in [2.45, 2.75) is 12.6 Å². The average molecular weight is 507 g/mol. The van der Waals surface area contributed by atoms with Crippen LogP contribution in [0.25, 0.3) is 0 Å². The van der Waals surface area contributed by atoms with Crippen molar-refractivity contribution in [2.75, 3.05) is 30.9 Å². The molecule has 1 fully saturated rings. The highest BCUT2D eigenvalue weighted by Crippen LogP contribution is 2.27. The van der Waals surface area contributed by atoms with Crippen molar-refractivity contribution in [1.82, 2.24) is 15.1 Å². The summed E-state index contributed by atoms with van der Waals surface area (Å²) in [4.78, 5) is 17.1. The number of hydrogen-bond acceptors (Lipinski definition) is 5. The van der Waals surface area contributed by atoms with Crippen LogP contribution >= 0.6 is 0 Å². The van der Waals surface area contributed by atoms with Crippen LogP contribution in [0.1, 0.15) is 15.9 Å². The van der Waals surface area contributed by atoms with Crippen LogP contribution in [0.4, 0.5) is 10.1 Å². The zero-order chi connectivity index (χ0) is 25.1. The molecule has 2 N–H and O–H groups in total. The summed E-state index contributed by atoms with van der Waals surface area (Å²) in [5.41, 5.74) is 2.40. The van der Waals surface area contributed by atoms with Gasteiger partial charge in [0.25, 0.3) is 15.9 Å². The van der Waals surface area contributed by atoms with Gasteiger partial charge in [-0.25, -0.2) is 12.8 Å². The monoisotopic (exact) mass is 506 g/mol. The van der Waals surface area contributed by atoms with Crippen molar-refractivity contribution < 1.29 is 17.6 Å². The number of carbonyl (C=O) groups is 1. The summed E-state index contributed by atoms with van der Waals surface area (Å²) in [6, 6.07) is 12.8. The molecule has 0 spiro atoms. The third-order valence-electron chi connectivity index (χ3n) is 6.52. The second kappa shape index (κ2) is 10.1. The lowest BCUT2D eigenvalue weighted by Gasteiger charge is -2.34. The fraction of sp³-hybridized carbons (Fsp3) is 0.222. The molecule has 1 atom stereocenters. The van der Waals surface area contributed by atoms with Gasteiger partial charge >= 0.3 is 0 Å². The summed E-state index contributed by atoms with van der Waals surface area (Å²) >= 11 is 0. The molecule has 0 aromatic heterocycles. The number of nitrogens with zero attached hydrogens (tertiary/aromatic N) is 2. The summed E-state index contributed by atoms with van der Waals surface area (Å²) in [5.74, 6) is -0.324. The molecule has 0 saturated carbocycles. The first-order chi connectivity index (χ1) is 17.4. The first-order valence-electron chi connectivity index (χ1n) is 11.8. The van der Waals surface area contributed by atoms with E-state index in [1.807, 2.05) is 24.3 Å². The molecule has 1 amide bonds. The highest BCUT2D eigenvalue weighted by Gasteiger charge is 2.30. The van der Waals surface area contributed by atoms with Crippen LogP contribution < -0.4 is 10.0 Å². The first-order valence-corrected chi connectivity index (χ1v) is 13.3. The zero-order valence-electron chi connectivity index (χ0n) is 19.6. The lowest BCUT2D eigenvalue weighted by Crippen LogP contribution is -2.48. The van der Waals surface area contributed by atoms with Crippen LogP contribution in [-0.2, 0) is 16.6 Å². The van der Waals surface area contributed by atoms with Gasteiger partial charge in [-0.2, -0.15) is 0 Å². The third-order valence-corrected chi connectivity index (χ3v) is 8.02. The van der Waals surface area contributed by atoms with E-state index in [9.17, 15) is 17.6 Å². The lowest BCUT2D eigenvalue weighted by atomic mass is 10.00. The molecular formula is C27H27FN4O3S. The Bertz CT molecular complexity index is 1370. The largest absolute Gasteiger partial charge is 0.379 e. The Labute approximate surface area is 210 Å². The van der Waals surface area contributed by atoms with Crippen molar-refractivity contribution >= 4 is 21.6 Å². The topological polar surface area (TPSA) is 81.7 Å². The minimum Gasteiger partial charge on any atom is -0.379 e. The minimum absolute atomic E-state index is 0.108. The predicted molar refractivity (Wildman–Crippen MR) is 138 cm³/mol. The molecule has 2 aliphatic heterocycles. The van der Waals surface area contributed by atoms with E-state index in [2.05, 4.69) is 14.9 Å². The van der Waals surface area contributed by atoms with Crippen LogP contribution in [0.2, 0.25) is 0 Å². The Morgan fingerprint density at radius 3 is 2.50 bits per heavy atom. The van der Waals surface area contributed by atoms with Gasteiger partial charge in [0.1, 0.15) is 5.82 Å². The molecule has 1 unspecified atom stereocenters. The Kier molecular flexibility index (Phi) is 6.75. The number of amides is 1. The summed E-state index contributed by atoms with van der Waals surface area (Å²) in [6.07, 6.45) is 10.6. The van der Waals surface area contributed by atoms with Gasteiger partial charge in [-0.3, -0.25) is 14.4 Å². The molecule has 3 aliphatic rings. The highest BCUT2D eigenvalue weighted by molar-refractivity contribution is 7.96. The molecule has 2 heterocycles. The number of dihydropyridines is 1. The standard InChI is InChI=1S/C27H27FN4O3S/c28-24-8-2-1-5-22(24)19-31-15-17-32(18-16-31)27(33)21-10-12-23(13-11-21)30-36(34,35)25-9-3-6-20-7-4-14-29-26(20)25/h1-14,26,29-30H,15-19H2. The molecule has 7 nitrogen and oxygen atoms in total. The number of sulfonamides is 1. The molecule has 9 heteroatoms. The average Bonchev–Trinajstić information content (AvgIpc) is 2.90. The van der Waals surface area contributed by atoms with Crippen molar-refractivity contribution in [3.8, 4) is 0 Å². The van der Waals surface area contributed by atoms with Crippen molar-refractivity contribution in [1.29, 1.82) is 0 Å². The smallest absolute Gasteiger partial charge is 0.260 e. The van der Waals surface area contributed by atoms with E-state index in [4.69, 9.17) is 0 Å². The summed E-state index contributed by atoms with van der Waals surface area (Å²) < 4.78 is 42.7. The number of fused-ring (bicyclic) bond motifs is 1. The van der Waals surface area contributed by atoms with Crippen LogP contribution in [0.15, 0.2) is 95.6 Å². The summed E-state index contributed by atoms with van der Waals surface area (Å²) in [7, 11) is -3.80. The fourth-order valence-corrected chi connectivity index (χ4v) is 5.89. The number of hydrogen-bond donors (Lipinski definition) is 2. The highest BCUT2D eigenvalue weighted by atomic mass is 32.2. The van der Waals surface area contributed by atoms with Gasteiger partial charge in [-0.05, 0) is 54.3 Å². The number of rotatable bonds is 6. The summed E-state index contributed by atoms with van der Waals surface area (Å²) in [5, 5.41) is 3.08. The molecule has 2 aromatic carbocycles. The number of anilines is 1. The van der Waals surface area contributed by atoms with Crippen LogP contribution in [-0.4, -0.2) is 56.3 Å². The van der Waals surface area contributed by atoms with Crippen LogP contribution in [0.5, 0.6) is 0 Å². The van der Waals surface area contributed by atoms with Gasteiger partial charge in [0.2, 0.25) is 0 Å². The number of allylic oxidation sites excluding steroid dienone is 4. The van der Waals surface area contributed by atoms with Gasteiger partial charge < -0.3 is 10.2 Å². The number of nitrogens with one attached hydrogen (secondary N) is 2. The molecule has 1 aliphatic carbocycles. The number of halogens is 1. The van der Waals surface area contributed by atoms with Crippen LogP contribution in [0.3, 0.4) is 0 Å². The lowest BCUT2D eigenvalue weighted by molar-refractivity contribution is 0.0627. The fourth-order valence-electron chi connectivity index (χ4n) is 4.55. The van der Waals surface area contributed by atoms with E-state index < -0.39 is 16.1 Å². The Morgan fingerprint density at radius 1 is 1.00 bits per heavy atom. The van der Waals surface area contributed by atoms with Gasteiger partial charge in [0, 0.05) is 49.5 Å². The minimum atomic E-state index is -3.80. The predicted octanol–water partition coefficient (Wildman–Crippen LogP) is 3.39. The second-order valence-electron chi connectivity index (χ2n) is 8.90. The van der Waals surface area contributed by atoms with Gasteiger partial charge in [-0.1, -0.05) is 36.4 Å². The Balaban J connectivity index is 1.19. The van der Waals surface area contributed by atoms with Crippen molar-refractivity contribution in [3.05, 3.63) is 113 Å². The maximum atomic E-state index is 13.9. The SMILES string of the molecule is O=C(c1ccc(NS(=O)(=O)C2=CC=CC3=CC=CNC32)cc1)N1CCN(Cc2ccccc2F)CC1. The summed E-state index contributed by atoms with van der Waals surface area (Å²) in [6.45, 7) is 2.91. The maximum absolute atomic E-state index is 13.9. The van der Waals surface area contributed by atoms with Crippen LogP contribution in [0, 0.1) is 5.82 Å². The molecular weight excluding hydrogens is 479 g/mol. The van der Waals surface area contributed by atoms with Gasteiger partial charge in [-0.15, -0.1) is 0 Å². The molecule has 1 saturated heterocycles. The van der Waals surface area contributed by atoms with E-state index >= 15 is 0 Å². The van der Waals surface area contributed by atoms with E-state index in [1.54, 1.807) is 59.7 Å². The molecule has 5 rings (SSSR count). The number of piperazine rings is 1. The third kappa shape index (κ3) is 5.12. The van der Waals surface area contributed by atoms with E-state index in [0.29, 0.717) is 49.5 Å². The van der Waals surface area contributed by atoms with Crippen molar-refractivity contribution in [3.63, 3.8) is 0 Å². The van der Waals surface area contributed by atoms with Gasteiger partial charge in [0.05, 0.1) is 10.9 Å². The maximum Gasteiger partial charge on any atom is 0.260 e. The molecule has 2 aromatic rings. The number of benzene rings is 2. The quantitative estimate of drug-likeness (QED) is 0.628. The molecule has 186 valence electrons.